The average molecular weight is 245 g/mol. The third kappa shape index (κ3) is 2.27. The maximum absolute atomic E-state index is 12.1. The fourth-order valence-corrected chi connectivity index (χ4v) is 2.76. The van der Waals surface area contributed by atoms with Crippen molar-refractivity contribution in [3.63, 3.8) is 0 Å². The zero-order chi connectivity index (χ0) is 12.5. The number of likely N-dealkylation sites (tertiary alicyclic amines) is 1. The molecule has 2 atom stereocenters. The summed E-state index contributed by atoms with van der Waals surface area (Å²) in [6, 6.07) is 10.0. The van der Waals surface area contributed by atoms with Gasteiger partial charge >= 0.3 is 0 Å². The van der Waals surface area contributed by atoms with Crippen LogP contribution in [0.2, 0.25) is 0 Å². The molecule has 1 amide bonds. The summed E-state index contributed by atoms with van der Waals surface area (Å²) in [5, 5.41) is 10.1. The van der Waals surface area contributed by atoms with E-state index in [2.05, 4.69) is 0 Å². The molecular weight excluding hydrogens is 226 g/mol. The fourth-order valence-electron chi connectivity index (χ4n) is 2.76. The largest absolute Gasteiger partial charge is 0.392 e. The summed E-state index contributed by atoms with van der Waals surface area (Å²) >= 11 is 0. The Morgan fingerprint density at radius 3 is 2.56 bits per heavy atom. The van der Waals surface area contributed by atoms with E-state index in [4.69, 9.17) is 0 Å². The molecule has 18 heavy (non-hydrogen) atoms. The van der Waals surface area contributed by atoms with Crippen LogP contribution in [0.25, 0.3) is 0 Å². The molecule has 0 bridgehead atoms. The van der Waals surface area contributed by atoms with E-state index in [-0.39, 0.29) is 17.9 Å². The van der Waals surface area contributed by atoms with Gasteiger partial charge in [0.15, 0.2) is 0 Å². The molecule has 1 aromatic rings. The highest BCUT2D eigenvalue weighted by molar-refractivity contribution is 5.81. The van der Waals surface area contributed by atoms with E-state index in [1.165, 1.54) is 0 Å². The summed E-state index contributed by atoms with van der Waals surface area (Å²) in [4.78, 5) is 14.0. The second-order valence-electron chi connectivity index (χ2n) is 5.43. The van der Waals surface area contributed by atoms with Crippen molar-refractivity contribution in [2.24, 2.45) is 5.92 Å². The lowest BCUT2D eigenvalue weighted by molar-refractivity contribution is -0.135. The molecule has 3 nitrogen and oxygen atoms in total. The predicted octanol–water partition coefficient (Wildman–Crippen LogP) is 1.77. The number of nitrogens with zero attached hydrogens (tertiary/aromatic N) is 1. The third-order valence-corrected chi connectivity index (χ3v) is 4.04. The van der Waals surface area contributed by atoms with Crippen LogP contribution in [-0.2, 0) is 4.79 Å². The molecule has 0 spiro atoms. The highest BCUT2D eigenvalue weighted by Gasteiger charge is 2.37. The molecule has 0 unspecified atom stereocenters. The topological polar surface area (TPSA) is 40.5 Å². The Bertz CT molecular complexity index is 427. The first-order valence-electron chi connectivity index (χ1n) is 6.77. The second-order valence-corrected chi connectivity index (χ2v) is 5.43. The molecule has 2 aliphatic rings. The highest BCUT2D eigenvalue weighted by atomic mass is 16.3. The number of aliphatic hydroxyl groups is 1. The molecule has 96 valence electrons. The highest BCUT2D eigenvalue weighted by Crippen LogP contribution is 2.34. The molecule has 1 saturated carbocycles. The molecule has 0 aromatic heterocycles. The number of hydrogen-bond acceptors (Lipinski definition) is 2. The molecule has 1 aromatic carbocycles. The summed E-state index contributed by atoms with van der Waals surface area (Å²) in [5.41, 5.74) is 1.14. The number of aliphatic hydroxyl groups excluding tert-OH is 1. The van der Waals surface area contributed by atoms with Crippen molar-refractivity contribution in [3.8, 4) is 0 Å². The van der Waals surface area contributed by atoms with Gasteiger partial charge < -0.3 is 10.0 Å². The van der Waals surface area contributed by atoms with Crippen LogP contribution < -0.4 is 0 Å². The smallest absolute Gasteiger partial charge is 0.225 e. The number of piperidine rings is 1. The minimum atomic E-state index is -0.323. The standard InChI is InChI=1S/C15H19NO2/c17-14-8-9-16(15(18)12-6-7-12)10-13(14)11-4-2-1-3-5-11/h1-5,12-14,17H,6-10H2/t13-,14+/m0/s1. The molecule has 1 N–H and O–H groups in total. The summed E-state index contributed by atoms with van der Waals surface area (Å²) in [7, 11) is 0. The van der Waals surface area contributed by atoms with E-state index >= 15 is 0 Å². The van der Waals surface area contributed by atoms with Gasteiger partial charge in [-0.3, -0.25) is 4.79 Å². The van der Waals surface area contributed by atoms with Crippen molar-refractivity contribution in [2.45, 2.75) is 31.3 Å². The van der Waals surface area contributed by atoms with Crippen molar-refractivity contribution >= 4 is 5.91 Å². The lowest BCUT2D eigenvalue weighted by Gasteiger charge is -2.36. The van der Waals surface area contributed by atoms with Crippen LogP contribution in [0, 0.1) is 5.92 Å². The molecule has 3 rings (SSSR count). The SMILES string of the molecule is O=C(C1CC1)N1CC[C@@H](O)[C@H](c2ccccc2)C1. The summed E-state index contributed by atoms with van der Waals surface area (Å²) in [6.45, 7) is 1.38. The maximum atomic E-state index is 12.1. The quantitative estimate of drug-likeness (QED) is 0.862. The van der Waals surface area contributed by atoms with Gasteiger partial charge in [0, 0.05) is 24.9 Å². The zero-order valence-corrected chi connectivity index (χ0v) is 10.5. The molecular formula is C15H19NO2. The van der Waals surface area contributed by atoms with Crippen LogP contribution in [0.5, 0.6) is 0 Å². The Hall–Kier alpha value is -1.35. The fraction of sp³-hybridized carbons (Fsp3) is 0.533. The maximum Gasteiger partial charge on any atom is 0.225 e. The van der Waals surface area contributed by atoms with Crippen LogP contribution >= 0.6 is 0 Å². The van der Waals surface area contributed by atoms with E-state index in [0.717, 1.165) is 18.4 Å². The van der Waals surface area contributed by atoms with Gasteiger partial charge in [-0.25, -0.2) is 0 Å². The summed E-state index contributed by atoms with van der Waals surface area (Å²) in [6.07, 6.45) is 2.47. The zero-order valence-electron chi connectivity index (χ0n) is 10.5. The molecule has 3 heteroatoms. The molecule has 2 fully saturated rings. The first-order chi connectivity index (χ1) is 8.75. The molecule has 1 heterocycles. The lowest BCUT2D eigenvalue weighted by Crippen LogP contribution is -2.45. The van der Waals surface area contributed by atoms with E-state index in [0.29, 0.717) is 25.4 Å². The van der Waals surface area contributed by atoms with Crippen LogP contribution in [0.3, 0.4) is 0 Å². The Kier molecular flexibility index (Phi) is 3.08. The van der Waals surface area contributed by atoms with Crippen LogP contribution in [0.1, 0.15) is 30.7 Å². The number of carbonyl (C=O) groups excluding carboxylic acids is 1. The van der Waals surface area contributed by atoms with Gasteiger partial charge in [-0.15, -0.1) is 0 Å². The van der Waals surface area contributed by atoms with Gasteiger partial charge in [0.05, 0.1) is 6.10 Å². The summed E-state index contributed by atoms with van der Waals surface area (Å²) < 4.78 is 0. The van der Waals surface area contributed by atoms with Crippen molar-refractivity contribution < 1.29 is 9.90 Å². The van der Waals surface area contributed by atoms with Gasteiger partial charge in [0.25, 0.3) is 0 Å². The van der Waals surface area contributed by atoms with Crippen LogP contribution in [0.15, 0.2) is 30.3 Å². The monoisotopic (exact) mass is 245 g/mol. The van der Waals surface area contributed by atoms with Crippen LogP contribution in [-0.4, -0.2) is 35.1 Å². The number of amides is 1. The number of hydrogen-bond donors (Lipinski definition) is 1. The number of carbonyl (C=O) groups is 1. The Balaban J connectivity index is 1.74. The number of rotatable bonds is 2. The van der Waals surface area contributed by atoms with Crippen molar-refractivity contribution in [2.75, 3.05) is 13.1 Å². The normalized spacial score (nSPS) is 28.2. The first-order valence-corrected chi connectivity index (χ1v) is 6.77. The third-order valence-electron chi connectivity index (χ3n) is 4.04. The van der Waals surface area contributed by atoms with Gasteiger partial charge in [-0.05, 0) is 24.8 Å². The molecule has 1 aliphatic carbocycles. The van der Waals surface area contributed by atoms with E-state index < -0.39 is 0 Å². The average Bonchev–Trinajstić information content (AvgIpc) is 3.24. The van der Waals surface area contributed by atoms with E-state index in [9.17, 15) is 9.90 Å². The van der Waals surface area contributed by atoms with Gasteiger partial charge in [-0.2, -0.15) is 0 Å². The Morgan fingerprint density at radius 1 is 1.17 bits per heavy atom. The minimum absolute atomic E-state index is 0.0719. The predicted molar refractivity (Wildman–Crippen MR) is 69.1 cm³/mol. The van der Waals surface area contributed by atoms with Gasteiger partial charge in [-0.1, -0.05) is 30.3 Å². The van der Waals surface area contributed by atoms with Crippen molar-refractivity contribution in [1.82, 2.24) is 4.90 Å². The number of benzene rings is 1. The lowest BCUT2D eigenvalue weighted by atomic mass is 9.88. The molecule has 0 radical (unpaired) electrons. The Morgan fingerprint density at radius 2 is 1.89 bits per heavy atom. The Labute approximate surface area is 107 Å². The molecule has 1 saturated heterocycles. The van der Waals surface area contributed by atoms with Crippen molar-refractivity contribution in [3.05, 3.63) is 35.9 Å². The van der Waals surface area contributed by atoms with E-state index in [1.54, 1.807) is 0 Å². The summed E-state index contributed by atoms with van der Waals surface area (Å²) in [5.74, 6) is 0.641. The second kappa shape index (κ2) is 4.73. The van der Waals surface area contributed by atoms with Gasteiger partial charge in [0.1, 0.15) is 0 Å². The first kappa shape index (κ1) is 11.7. The van der Waals surface area contributed by atoms with Gasteiger partial charge in [0.2, 0.25) is 5.91 Å². The minimum Gasteiger partial charge on any atom is -0.392 e. The molecule has 1 aliphatic heterocycles. The van der Waals surface area contributed by atoms with E-state index in [1.807, 2.05) is 35.2 Å². The van der Waals surface area contributed by atoms with Crippen molar-refractivity contribution in [1.29, 1.82) is 0 Å². The van der Waals surface area contributed by atoms with Crippen LogP contribution in [0.4, 0.5) is 0 Å².